The van der Waals surface area contributed by atoms with Crippen LogP contribution in [0.1, 0.15) is 39.5 Å². The quantitative estimate of drug-likeness (QED) is 0.667. The van der Waals surface area contributed by atoms with Crippen molar-refractivity contribution in [3.8, 4) is 0 Å². The summed E-state index contributed by atoms with van der Waals surface area (Å²) in [6.45, 7) is 9.41. The summed E-state index contributed by atoms with van der Waals surface area (Å²) in [6, 6.07) is 0. The summed E-state index contributed by atoms with van der Waals surface area (Å²) in [5, 5.41) is 13.0. The van der Waals surface area contributed by atoms with Crippen LogP contribution in [0.25, 0.3) is 0 Å². The lowest BCUT2D eigenvalue weighted by molar-refractivity contribution is 0.0402. The van der Waals surface area contributed by atoms with E-state index in [4.69, 9.17) is 4.74 Å². The molecule has 0 amide bonds. The van der Waals surface area contributed by atoms with Crippen LogP contribution in [0, 0.1) is 5.92 Å². The van der Waals surface area contributed by atoms with E-state index >= 15 is 0 Å². The molecule has 1 heterocycles. The van der Waals surface area contributed by atoms with Gasteiger partial charge in [0.1, 0.15) is 0 Å². The van der Waals surface area contributed by atoms with E-state index < -0.39 is 0 Å². The highest BCUT2D eigenvalue weighted by atomic mass is 16.5. The molecular formula is C15H32N2O2. The molecule has 19 heavy (non-hydrogen) atoms. The Balaban J connectivity index is 2.24. The lowest BCUT2D eigenvalue weighted by atomic mass is 9.97. The first-order valence-electron chi connectivity index (χ1n) is 7.72. The van der Waals surface area contributed by atoms with Gasteiger partial charge in [-0.15, -0.1) is 0 Å². The van der Waals surface area contributed by atoms with Crippen LogP contribution in [0.4, 0.5) is 0 Å². The van der Waals surface area contributed by atoms with Gasteiger partial charge in [-0.05, 0) is 58.7 Å². The first-order chi connectivity index (χ1) is 9.09. The maximum absolute atomic E-state index is 9.55. The van der Waals surface area contributed by atoms with Crippen molar-refractivity contribution in [2.75, 3.05) is 46.5 Å². The number of aliphatic hydroxyl groups is 1. The molecule has 4 nitrogen and oxygen atoms in total. The van der Waals surface area contributed by atoms with E-state index in [9.17, 15) is 5.11 Å². The molecule has 1 fully saturated rings. The maximum Gasteiger partial charge on any atom is 0.0611 e. The zero-order valence-corrected chi connectivity index (χ0v) is 13.0. The topological polar surface area (TPSA) is 44.7 Å². The lowest BCUT2D eigenvalue weighted by Crippen LogP contribution is -2.48. The lowest BCUT2D eigenvalue weighted by Gasteiger charge is -2.32. The second-order valence-corrected chi connectivity index (χ2v) is 6.24. The molecule has 1 saturated heterocycles. The number of hydrogen-bond acceptors (Lipinski definition) is 4. The predicted molar refractivity (Wildman–Crippen MR) is 79.4 cm³/mol. The van der Waals surface area contributed by atoms with Crippen molar-refractivity contribution in [2.45, 2.75) is 45.1 Å². The van der Waals surface area contributed by atoms with Crippen LogP contribution in [0.2, 0.25) is 0 Å². The van der Waals surface area contributed by atoms with Crippen molar-refractivity contribution in [3.05, 3.63) is 0 Å². The Labute approximate surface area is 118 Å². The van der Waals surface area contributed by atoms with Crippen LogP contribution in [-0.4, -0.2) is 62.0 Å². The fourth-order valence-corrected chi connectivity index (χ4v) is 2.57. The molecule has 2 N–H and O–H groups in total. The second-order valence-electron chi connectivity index (χ2n) is 6.24. The van der Waals surface area contributed by atoms with Gasteiger partial charge < -0.3 is 20.1 Å². The second kappa shape index (κ2) is 8.90. The molecule has 0 bridgehead atoms. The Bertz CT molecular complexity index is 232. The summed E-state index contributed by atoms with van der Waals surface area (Å²) < 4.78 is 5.52. The molecule has 0 aromatic carbocycles. The molecule has 1 aliphatic rings. The molecule has 1 rings (SSSR count). The molecule has 0 aromatic heterocycles. The van der Waals surface area contributed by atoms with Crippen molar-refractivity contribution in [3.63, 3.8) is 0 Å². The fraction of sp³-hybridized carbons (Fsp3) is 1.00. The summed E-state index contributed by atoms with van der Waals surface area (Å²) in [5.74, 6) is 0.683. The number of ether oxygens (including phenoxy) is 1. The van der Waals surface area contributed by atoms with Crippen molar-refractivity contribution in [1.29, 1.82) is 0 Å². The maximum atomic E-state index is 9.55. The fourth-order valence-electron chi connectivity index (χ4n) is 2.57. The number of rotatable bonds is 9. The summed E-state index contributed by atoms with van der Waals surface area (Å²) in [6.07, 6.45) is 4.57. The minimum absolute atomic E-state index is 0.146. The number of aliphatic hydroxyl groups excluding tert-OH is 1. The van der Waals surface area contributed by atoms with E-state index in [1.54, 1.807) is 0 Å². The van der Waals surface area contributed by atoms with Crippen LogP contribution in [-0.2, 0) is 4.74 Å². The molecule has 0 spiro atoms. The van der Waals surface area contributed by atoms with Gasteiger partial charge in [-0.3, -0.25) is 0 Å². The zero-order valence-electron chi connectivity index (χ0n) is 13.0. The smallest absolute Gasteiger partial charge is 0.0611 e. The molecule has 2 atom stereocenters. The molecular weight excluding hydrogens is 240 g/mol. The van der Waals surface area contributed by atoms with Crippen LogP contribution in [0.5, 0.6) is 0 Å². The van der Waals surface area contributed by atoms with Crippen LogP contribution >= 0.6 is 0 Å². The van der Waals surface area contributed by atoms with Gasteiger partial charge in [0.15, 0.2) is 0 Å². The van der Waals surface area contributed by atoms with Gasteiger partial charge >= 0.3 is 0 Å². The van der Waals surface area contributed by atoms with E-state index in [1.165, 1.54) is 12.8 Å². The zero-order chi connectivity index (χ0) is 14.1. The highest BCUT2D eigenvalue weighted by molar-refractivity contribution is 4.83. The molecule has 0 aliphatic carbocycles. The van der Waals surface area contributed by atoms with Crippen molar-refractivity contribution < 1.29 is 9.84 Å². The summed E-state index contributed by atoms with van der Waals surface area (Å²) in [5.41, 5.74) is -0.146. The van der Waals surface area contributed by atoms with Crippen molar-refractivity contribution in [1.82, 2.24) is 10.2 Å². The Morgan fingerprint density at radius 2 is 2.26 bits per heavy atom. The van der Waals surface area contributed by atoms with Gasteiger partial charge in [0, 0.05) is 18.7 Å². The van der Waals surface area contributed by atoms with Gasteiger partial charge in [0.25, 0.3) is 0 Å². The van der Waals surface area contributed by atoms with Crippen molar-refractivity contribution >= 4 is 0 Å². The van der Waals surface area contributed by atoms with Crippen LogP contribution in [0.3, 0.4) is 0 Å². The highest BCUT2D eigenvalue weighted by Gasteiger charge is 2.23. The Morgan fingerprint density at radius 3 is 2.84 bits per heavy atom. The molecule has 1 aliphatic heterocycles. The normalized spacial score (nSPS) is 23.5. The van der Waals surface area contributed by atoms with Gasteiger partial charge in [0.2, 0.25) is 0 Å². The SMILES string of the molecule is CCCNC(C)(CO)CCN(C)CC1CCCOC1. The Kier molecular flexibility index (Phi) is 7.91. The van der Waals surface area contributed by atoms with Crippen LogP contribution < -0.4 is 5.32 Å². The third-order valence-corrected chi connectivity index (χ3v) is 4.02. The molecule has 4 heteroatoms. The molecule has 114 valence electrons. The standard InChI is InChI=1S/C15H32N2O2/c1-4-8-16-15(2,13-18)7-9-17(3)11-14-6-5-10-19-12-14/h14,16,18H,4-13H2,1-3H3. The van der Waals surface area contributed by atoms with E-state index in [2.05, 4.69) is 31.1 Å². The Morgan fingerprint density at radius 1 is 1.47 bits per heavy atom. The summed E-state index contributed by atoms with van der Waals surface area (Å²) >= 11 is 0. The highest BCUT2D eigenvalue weighted by Crippen LogP contribution is 2.16. The van der Waals surface area contributed by atoms with Gasteiger partial charge in [-0.2, -0.15) is 0 Å². The monoisotopic (exact) mass is 272 g/mol. The van der Waals surface area contributed by atoms with Gasteiger partial charge in [-0.1, -0.05) is 6.92 Å². The minimum atomic E-state index is -0.146. The van der Waals surface area contributed by atoms with E-state index in [-0.39, 0.29) is 12.1 Å². The average Bonchev–Trinajstić information content (AvgIpc) is 2.44. The number of hydrogen-bond donors (Lipinski definition) is 2. The molecule has 2 unspecified atom stereocenters. The minimum Gasteiger partial charge on any atom is -0.394 e. The van der Waals surface area contributed by atoms with E-state index in [1.807, 2.05) is 0 Å². The average molecular weight is 272 g/mol. The first kappa shape index (κ1) is 16.9. The largest absolute Gasteiger partial charge is 0.394 e. The number of nitrogens with zero attached hydrogens (tertiary/aromatic N) is 1. The third kappa shape index (κ3) is 6.70. The summed E-state index contributed by atoms with van der Waals surface area (Å²) in [7, 11) is 2.17. The predicted octanol–water partition coefficient (Wildman–Crippen LogP) is 1.49. The summed E-state index contributed by atoms with van der Waals surface area (Å²) in [4.78, 5) is 2.38. The molecule has 0 radical (unpaired) electrons. The third-order valence-electron chi connectivity index (χ3n) is 4.02. The molecule has 0 saturated carbocycles. The number of nitrogens with one attached hydrogen (secondary N) is 1. The van der Waals surface area contributed by atoms with Crippen LogP contribution in [0.15, 0.2) is 0 Å². The van der Waals surface area contributed by atoms with Gasteiger partial charge in [0.05, 0.1) is 13.2 Å². The van der Waals surface area contributed by atoms with Gasteiger partial charge in [-0.25, -0.2) is 0 Å². The molecule has 0 aromatic rings. The van der Waals surface area contributed by atoms with Crippen molar-refractivity contribution in [2.24, 2.45) is 5.92 Å². The van der Waals surface area contributed by atoms with E-state index in [0.717, 1.165) is 45.7 Å². The van der Waals surface area contributed by atoms with E-state index in [0.29, 0.717) is 5.92 Å². The Hall–Kier alpha value is -0.160. The first-order valence-corrected chi connectivity index (χ1v) is 7.72.